The van der Waals surface area contributed by atoms with Gasteiger partial charge in [0.15, 0.2) is 5.82 Å². The van der Waals surface area contributed by atoms with Crippen molar-refractivity contribution in [1.82, 2.24) is 20.2 Å². The molecule has 1 atom stereocenters. The zero-order chi connectivity index (χ0) is 17.3. The maximum atomic E-state index is 12.4. The van der Waals surface area contributed by atoms with Crippen molar-refractivity contribution in [3.05, 3.63) is 29.0 Å². The van der Waals surface area contributed by atoms with E-state index in [9.17, 15) is 4.79 Å². The molecule has 1 aromatic carbocycles. The minimum atomic E-state index is -0.914. The van der Waals surface area contributed by atoms with Gasteiger partial charge in [-0.3, -0.25) is 4.79 Å². The Morgan fingerprint density at radius 1 is 1.50 bits per heavy atom. The number of carbonyl (C=O) groups is 1. The van der Waals surface area contributed by atoms with E-state index < -0.39 is 5.54 Å². The van der Waals surface area contributed by atoms with Crippen LogP contribution in [0.25, 0.3) is 5.69 Å². The normalized spacial score (nSPS) is 16.7. The SMILES string of the molecule is CCCC(C)(N)C(=O)Nc1ccc(Cl)c(-n2nnnc2C2CC2)c1. The first-order valence-electron chi connectivity index (χ1n) is 8.11. The van der Waals surface area contributed by atoms with Crippen LogP contribution in [-0.4, -0.2) is 31.7 Å². The lowest BCUT2D eigenvalue weighted by Crippen LogP contribution is -2.48. The summed E-state index contributed by atoms with van der Waals surface area (Å²) in [6.07, 6.45) is 3.60. The van der Waals surface area contributed by atoms with E-state index in [1.165, 1.54) is 0 Å². The van der Waals surface area contributed by atoms with Crippen molar-refractivity contribution in [2.45, 2.75) is 51.0 Å². The highest BCUT2D eigenvalue weighted by molar-refractivity contribution is 6.32. The van der Waals surface area contributed by atoms with E-state index in [2.05, 4.69) is 20.8 Å². The number of aromatic nitrogens is 4. The zero-order valence-electron chi connectivity index (χ0n) is 13.8. The van der Waals surface area contributed by atoms with Crippen LogP contribution in [0.3, 0.4) is 0 Å². The lowest BCUT2D eigenvalue weighted by Gasteiger charge is -2.23. The number of anilines is 1. The second kappa shape index (κ2) is 6.49. The number of rotatable bonds is 6. The minimum Gasteiger partial charge on any atom is -0.324 e. The largest absolute Gasteiger partial charge is 0.324 e. The predicted octanol–water partition coefficient (Wildman–Crippen LogP) is 2.65. The molecule has 1 aliphatic carbocycles. The number of nitrogens with one attached hydrogen (secondary N) is 1. The number of amides is 1. The van der Waals surface area contributed by atoms with Gasteiger partial charge in [0.2, 0.25) is 5.91 Å². The predicted molar refractivity (Wildman–Crippen MR) is 92.3 cm³/mol. The molecule has 1 aliphatic rings. The van der Waals surface area contributed by atoms with Gasteiger partial charge in [-0.2, -0.15) is 4.68 Å². The van der Waals surface area contributed by atoms with Gasteiger partial charge in [0, 0.05) is 11.6 Å². The van der Waals surface area contributed by atoms with Gasteiger partial charge in [0.1, 0.15) is 0 Å². The smallest absolute Gasteiger partial charge is 0.244 e. The highest BCUT2D eigenvalue weighted by Gasteiger charge is 2.31. The first-order chi connectivity index (χ1) is 11.4. The molecule has 0 aliphatic heterocycles. The fourth-order valence-electron chi connectivity index (χ4n) is 2.62. The Labute approximate surface area is 145 Å². The second-order valence-electron chi connectivity index (χ2n) is 6.51. The van der Waals surface area contributed by atoms with Crippen molar-refractivity contribution in [3.8, 4) is 5.69 Å². The van der Waals surface area contributed by atoms with Crippen molar-refractivity contribution in [2.24, 2.45) is 5.73 Å². The van der Waals surface area contributed by atoms with E-state index in [1.807, 2.05) is 6.92 Å². The van der Waals surface area contributed by atoms with Crippen LogP contribution in [0.4, 0.5) is 5.69 Å². The number of nitrogens with two attached hydrogens (primary N) is 1. The fourth-order valence-corrected chi connectivity index (χ4v) is 2.82. The van der Waals surface area contributed by atoms with Gasteiger partial charge in [-0.15, -0.1) is 5.10 Å². The highest BCUT2D eigenvalue weighted by Crippen LogP contribution is 2.40. The number of carbonyl (C=O) groups excluding carboxylic acids is 1. The van der Waals surface area contributed by atoms with Gasteiger partial charge in [-0.1, -0.05) is 24.9 Å². The average Bonchev–Trinajstić information content (AvgIpc) is 3.26. The summed E-state index contributed by atoms with van der Waals surface area (Å²) in [5.74, 6) is 0.956. The van der Waals surface area contributed by atoms with E-state index in [1.54, 1.807) is 29.8 Å². The topological polar surface area (TPSA) is 98.7 Å². The summed E-state index contributed by atoms with van der Waals surface area (Å²) in [7, 11) is 0. The molecule has 1 fully saturated rings. The zero-order valence-corrected chi connectivity index (χ0v) is 14.5. The van der Waals surface area contributed by atoms with Crippen LogP contribution >= 0.6 is 11.6 Å². The Kier molecular flexibility index (Phi) is 4.56. The third-order valence-corrected chi connectivity index (χ3v) is 4.48. The van der Waals surface area contributed by atoms with Crippen LogP contribution in [-0.2, 0) is 4.79 Å². The molecular formula is C16H21ClN6O. The van der Waals surface area contributed by atoms with Gasteiger partial charge in [0.05, 0.1) is 16.2 Å². The molecule has 2 aromatic rings. The van der Waals surface area contributed by atoms with E-state index in [-0.39, 0.29) is 5.91 Å². The van der Waals surface area contributed by atoms with Crippen molar-refractivity contribution in [1.29, 1.82) is 0 Å². The molecule has 3 N–H and O–H groups in total. The number of tetrazole rings is 1. The van der Waals surface area contributed by atoms with Crippen molar-refractivity contribution < 1.29 is 4.79 Å². The second-order valence-corrected chi connectivity index (χ2v) is 6.92. The van der Waals surface area contributed by atoms with Crippen molar-refractivity contribution >= 4 is 23.2 Å². The molecule has 1 saturated carbocycles. The number of benzene rings is 1. The Bertz CT molecular complexity index is 753. The Balaban J connectivity index is 1.87. The van der Waals surface area contributed by atoms with Crippen LogP contribution in [0.1, 0.15) is 51.3 Å². The van der Waals surface area contributed by atoms with Crippen molar-refractivity contribution in [2.75, 3.05) is 5.32 Å². The molecule has 7 nitrogen and oxygen atoms in total. The van der Waals surface area contributed by atoms with E-state index in [0.29, 0.717) is 28.7 Å². The summed E-state index contributed by atoms with van der Waals surface area (Å²) in [6.45, 7) is 3.73. The summed E-state index contributed by atoms with van der Waals surface area (Å²) < 4.78 is 1.64. The monoisotopic (exact) mass is 348 g/mol. The molecule has 1 heterocycles. The Hall–Kier alpha value is -1.99. The fraction of sp³-hybridized carbons (Fsp3) is 0.500. The quantitative estimate of drug-likeness (QED) is 0.836. The minimum absolute atomic E-state index is 0.225. The van der Waals surface area contributed by atoms with Crippen LogP contribution in [0.15, 0.2) is 18.2 Å². The number of hydrogen-bond donors (Lipinski definition) is 2. The molecule has 0 radical (unpaired) electrons. The number of nitrogens with zero attached hydrogens (tertiary/aromatic N) is 4. The molecular weight excluding hydrogens is 328 g/mol. The summed E-state index contributed by atoms with van der Waals surface area (Å²) in [5.41, 5.74) is 6.43. The Morgan fingerprint density at radius 2 is 2.25 bits per heavy atom. The molecule has 1 aromatic heterocycles. The molecule has 0 saturated heterocycles. The molecule has 3 rings (SSSR count). The van der Waals surface area contributed by atoms with E-state index in [4.69, 9.17) is 17.3 Å². The molecule has 8 heteroatoms. The Morgan fingerprint density at radius 3 is 2.92 bits per heavy atom. The number of hydrogen-bond acceptors (Lipinski definition) is 5. The molecule has 24 heavy (non-hydrogen) atoms. The van der Waals surface area contributed by atoms with E-state index >= 15 is 0 Å². The van der Waals surface area contributed by atoms with Gasteiger partial charge in [0.25, 0.3) is 0 Å². The van der Waals surface area contributed by atoms with Crippen LogP contribution in [0.5, 0.6) is 0 Å². The molecule has 1 amide bonds. The molecule has 1 unspecified atom stereocenters. The van der Waals surface area contributed by atoms with Crippen molar-refractivity contribution in [3.63, 3.8) is 0 Å². The standard InChI is InChI=1S/C16H21ClN6O/c1-3-8-16(2,18)15(24)19-11-6-7-12(17)13(9-11)23-14(10-4-5-10)20-21-22-23/h6-7,9-10H,3-5,8,18H2,1-2H3,(H,19,24). The molecule has 0 spiro atoms. The van der Waals surface area contributed by atoms with Gasteiger partial charge >= 0.3 is 0 Å². The maximum absolute atomic E-state index is 12.4. The lowest BCUT2D eigenvalue weighted by atomic mass is 9.96. The van der Waals surface area contributed by atoms with Gasteiger partial charge in [-0.05, 0) is 54.8 Å². The summed E-state index contributed by atoms with van der Waals surface area (Å²) in [6, 6.07) is 5.23. The third-order valence-electron chi connectivity index (χ3n) is 4.16. The van der Waals surface area contributed by atoms with Crippen LogP contribution in [0.2, 0.25) is 5.02 Å². The first-order valence-corrected chi connectivity index (χ1v) is 8.48. The molecule has 128 valence electrons. The van der Waals surface area contributed by atoms with Crippen LogP contribution < -0.4 is 11.1 Å². The van der Waals surface area contributed by atoms with Gasteiger partial charge < -0.3 is 11.1 Å². The summed E-state index contributed by atoms with van der Waals surface area (Å²) in [5, 5.41) is 15.3. The van der Waals surface area contributed by atoms with Crippen LogP contribution in [0, 0.1) is 0 Å². The summed E-state index contributed by atoms with van der Waals surface area (Å²) >= 11 is 6.31. The maximum Gasteiger partial charge on any atom is 0.244 e. The van der Waals surface area contributed by atoms with Gasteiger partial charge in [-0.25, -0.2) is 0 Å². The highest BCUT2D eigenvalue weighted by atomic mass is 35.5. The average molecular weight is 349 g/mol. The van der Waals surface area contributed by atoms with E-state index in [0.717, 1.165) is 25.1 Å². The summed E-state index contributed by atoms with van der Waals surface area (Å²) in [4.78, 5) is 12.4. The third kappa shape index (κ3) is 3.42. The first kappa shape index (κ1) is 16.9. The number of halogens is 1. The lowest BCUT2D eigenvalue weighted by molar-refractivity contribution is -0.120. The molecule has 0 bridgehead atoms.